The van der Waals surface area contributed by atoms with E-state index in [2.05, 4.69) is 20.9 Å². The van der Waals surface area contributed by atoms with Crippen molar-refractivity contribution in [1.82, 2.24) is 9.55 Å². The van der Waals surface area contributed by atoms with E-state index in [9.17, 15) is 4.79 Å². The number of benzene rings is 1. The van der Waals surface area contributed by atoms with E-state index in [1.54, 1.807) is 17.0 Å². The van der Waals surface area contributed by atoms with Crippen LogP contribution in [-0.4, -0.2) is 16.2 Å². The fraction of sp³-hybridized carbons (Fsp3) is 0.167. The van der Waals surface area contributed by atoms with Gasteiger partial charge in [-0.25, -0.2) is 0 Å². The molecule has 2 aromatic rings. The van der Waals surface area contributed by atoms with E-state index < -0.39 is 0 Å². The molecule has 17 heavy (non-hydrogen) atoms. The zero-order valence-corrected chi connectivity index (χ0v) is 10.6. The molecule has 0 saturated carbocycles. The van der Waals surface area contributed by atoms with Gasteiger partial charge in [0.05, 0.1) is 12.7 Å². The molecule has 0 unspecified atom stereocenters. The summed E-state index contributed by atoms with van der Waals surface area (Å²) in [4.78, 5) is 15.1. The summed E-state index contributed by atoms with van der Waals surface area (Å²) in [5.74, 6) is 0.779. The summed E-state index contributed by atoms with van der Waals surface area (Å²) < 4.78 is 8.06. The van der Waals surface area contributed by atoms with Gasteiger partial charge in [0, 0.05) is 16.9 Å². The molecule has 0 N–H and O–H groups in total. The van der Waals surface area contributed by atoms with Crippen LogP contribution in [0.1, 0.15) is 0 Å². The van der Waals surface area contributed by atoms with Gasteiger partial charge in [-0.2, -0.15) is 0 Å². The molecule has 0 radical (unpaired) electrons. The average Bonchev–Trinajstić information content (AvgIpc) is 2.32. The number of aromatic nitrogens is 2. The van der Waals surface area contributed by atoms with Gasteiger partial charge in [0.1, 0.15) is 12.4 Å². The monoisotopic (exact) mass is 294 g/mol. The molecule has 0 aliphatic rings. The zero-order valence-electron chi connectivity index (χ0n) is 9.04. The maximum absolute atomic E-state index is 11.4. The highest BCUT2D eigenvalue weighted by Gasteiger charge is 1.97. The molecule has 88 valence electrons. The Kier molecular flexibility index (Phi) is 3.93. The number of halogens is 1. The zero-order chi connectivity index (χ0) is 12.1. The highest BCUT2D eigenvalue weighted by Crippen LogP contribution is 2.17. The molecule has 2 rings (SSSR count). The molecule has 0 amide bonds. The summed E-state index contributed by atoms with van der Waals surface area (Å²) in [6.07, 6.45) is 4.52. The molecule has 1 aromatic carbocycles. The van der Waals surface area contributed by atoms with Crippen LogP contribution < -0.4 is 10.3 Å². The number of hydrogen-bond acceptors (Lipinski definition) is 3. The van der Waals surface area contributed by atoms with Crippen LogP contribution in [0.3, 0.4) is 0 Å². The van der Waals surface area contributed by atoms with Crippen molar-refractivity contribution in [3.05, 3.63) is 57.7 Å². The van der Waals surface area contributed by atoms with Gasteiger partial charge in [-0.05, 0) is 18.2 Å². The van der Waals surface area contributed by atoms with Crippen molar-refractivity contribution >= 4 is 15.9 Å². The highest BCUT2D eigenvalue weighted by atomic mass is 79.9. The Morgan fingerprint density at radius 2 is 2.29 bits per heavy atom. The molecule has 0 saturated heterocycles. The van der Waals surface area contributed by atoms with Crippen molar-refractivity contribution in [3.63, 3.8) is 0 Å². The van der Waals surface area contributed by atoms with E-state index in [1.165, 1.54) is 6.20 Å². The van der Waals surface area contributed by atoms with Gasteiger partial charge in [-0.3, -0.25) is 9.78 Å². The summed E-state index contributed by atoms with van der Waals surface area (Å²) >= 11 is 3.37. The van der Waals surface area contributed by atoms with Crippen molar-refractivity contribution in [2.24, 2.45) is 0 Å². The number of hydrogen-bond donors (Lipinski definition) is 0. The molecular weight excluding hydrogens is 284 g/mol. The average molecular weight is 295 g/mol. The topological polar surface area (TPSA) is 44.1 Å². The minimum atomic E-state index is -0.120. The second-order valence-corrected chi connectivity index (χ2v) is 4.33. The first-order valence-corrected chi connectivity index (χ1v) is 5.94. The van der Waals surface area contributed by atoms with Crippen LogP contribution in [0.4, 0.5) is 0 Å². The standard InChI is InChI=1S/C12H11BrN2O2/c13-10-2-1-3-11(8-10)17-7-6-15-5-4-14-9-12(15)16/h1-5,8-9H,6-7H2. The smallest absolute Gasteiger partial charge is 0.269 e. The third-order valence-corrected chi connectivity index (χ3v) is 2.69. The van der Waals surface area contributed by atoms with Crippen LogP contribution in [0.2, 0.25) is 0 Å². The third-order valence-electron chi connectivity index (χ3n) is 2.20. The Balaban J connectivity index is 1.92. The Labute approximate surface area is 107 Å². The van der Waals surface area contributed by atoms with Gasteiger partial charge in [-0.1, -0.05) is 22.0 Å². The normalized spacial score (nSPS) is 10.2. The molecule has 0 spiro atoms. The largest absolute Gasteiger partial charge is 0.492 e. The number of rotatable bonds is 4. The quantitative estimate of drug-likeness (QED) is 0.867. The van der Waals surface area contributed by atoms with Crippen molar-refractivity contribution < 1.29 is 4.74 Å². The second-order valence-electron chi connectivity index (χ2n) is 3.41. The third kappa shape index (κ3) is 3.42. The summed E-state index contributed by atoms with van der Waals surface area (Å²) in [7, 11) is 0. The fourth-order valence-corrected chi connectivity index (χ4v) is 1.75. The van der Waals surface area contributed by atoms with E-state index in [1.807, 2.05) is 24.3 Å². The summed E-state index contributed by atoms with van der Waals surface area (Å²) in [5.41, 5.74) is -0.120. The van der Waals surface area contributed by atoms with Gasteiger partial charge < -0.3 is 9.30 Å². The Hall–Kier alpha value is -1.62. The Morgan fingerprint density at radius 3 is 3.06 bits per heavy atom. The first kappa shape index (κ1) is 11.9. The Bertz CT molecular complexity index is 554. The van der Waals surface area contributed by atoms with Crippen molar-refractivity contribution in [2.45, 2.75) is 6.54 Å². The predicted molar refractivity (Wildman–Crippen MR) is 68.1 cm³/mol. The molecule has 0 bridgehead atoms. The lowest BCUT2D eigenvalue weighted by atomic mass is 10.3. The highest BCUT2D eigenvalue weighted by molar-refractivity contribution is 9.10. The van der Waals surface area contributed by atoms with Crippen LogP contribution in [0.5, 0.6) is 5.75 Å². The Morgan fingerprint density at radius 1 is 1.41 bits per heavy atom. The van der Waals surface area contributed by atoms with E-state index in [0.717, 1.165) is 10.2 Å². The lowest BCUT2D eigenvalue weighted by Gasteiger charge is -2.07. The molecule has 0 atom stereocenters. The SMILES string of the molecule is O=c1cnccn1CCOc1cccc(Br)c1. The minimum Gasteiger partial charge on any atom is -0.492 e. The maximum Gasteiger partial charge on any atom is 0.269 e. The van der Waals surface area contributed by atoms with Crippen LogP contribution in [0.25, 0.3) is 0 Å². The van der Waals surface area contributed by atoms with E-state index in [0.29, 0.717) is 13.2 Å². The molecule has 0 aliphatic heterocycles. The fourth-order valence-electron chi connectivity index (χ4n) is 1.38. The van der Waals surface area contributed by atoms with Crippen LogP contribution >= 0.6 is 15.9 Å². The minimum absolute atomic E-state index is 0.120. The summed E-state index contributed by atoms with van der Waals surface area (Å²) in [5, 5.41) is 0. The van der Waals surface area contributed by atoms with Gasteiger partial charge in [0.25, 0.3) is 5.56 Å². The van der Waals surface area contributed by atoms with Gasteiger partial charge in [0.2, 0.25) is 0 Å². The van der Waals surface area contributed by atoms with Crippen molar-refractivity contribution in [2.75, 3.05) is 6.61 Å². The molecule has 4 nitrogen and oxygen atoms in total. The number of ether oxygens (including phenoxy) is 1. The first-order chi connectivity index (χ1) is 8.25. The molecule has 5 heteroatoms. The molecule has 1 heterocycles. The molecule has 1 aromatic heterocycles. The lowest BCUT2D eigenvalue weighted by molar-refractivity contribution is 0.296. The molecular formula is C12H11BrN2O2. The van der Waals surface area contributed by atoms with Gasteiger partial charge >= 0.3 is 0 Å². The van der Waals surface area contributed by atoms with E-state index in [4.69, 9.17) is 4.74 Å². The van der Waals surface area contributed by atoms with Crippen LogP contribution in [0.15, 0.2) is 52.1 Å². The van der Waals surface area contributed by atoms with Gasteiger partial charge in [-0.15, -0.1) is 0 Å². The van der Waals surface area contributed by atoms with Crippen molar-refractivity contribution in [1.29, 1.82) is 0 Å². The van der Waals surface area contributed by atoms with E-state index >= 15 is 0 Å². The number of nitrogens with zero attached hydrogens (tertiary/aromatic N) is 2. The predicted octanol–water partition coefficient (Wildman–Crippen LogP) is 2.08. The molecule has 0 aliphatic carbocycles. The summed E-state index contributed by atoms with van der Waals surface area (Å²) in [6, 6.07) is 7.59. The van der Waals surface area contributed by atoms with Crippen LogP contribution in [-0.2, 0) is 6.54 Å². The van der Waals surface area contributed by atoms with E-state index in [-0.39, 0.29) is 5.56 Å². The van der Waals surface area contributed by atoms with Gasteiger partial charge in [0.15, 0.2) is 0 Å². The maximum atomic E-state index is 11.4. The van der Waals surface area contributed by atoms with Crippen LogP contribution in [0, 0.1) is 0 Å². The van der Waals surface area contributed by atoms with Crippen molar-refractivity contribution in [3.8, 4) is 5.75 Å². The lowest BCUT2D eigenvalue weighted by Crippen LogP contribution is -2.22. The second kappa shape index (κ2) is 5.63. The first-order valence-electron chi connectivity index (χ1n) is 5.14. The molecule has 0 fully saturated rings. The summed E-state index contributed by atoms with van der Waals surface area (Å²) in [6.45, 7) is 0.953.